The summed E-state index contributed by atoms with van der Waals surface area (Å²) < 4.78 is 62.5. The smallest absolute Gasteiger partial charge is 0.375 e. The Bertz CT molecular complexity index is 1530. The van der Waals surface area contributed by atoms with Gasteiger partial charge in [0.25, 0.3) is 5.91 Å². The van der Waals surface area contributed by atoms with Crippen molar-refractivity contribution in [3.8, 4) is 11.1 Å². The fourth-order valence-electron chi connectivity index (χ4n) is 5.45. The van der Waals surface area contributed by atoms with Crippen LogP contribution in [0, 0.1) is 5.82 Å². The lowest BCUT2D eigenvalue weighted by Gasteiger charge is -2.44. The third-order valence-electron chi connectivity index (χ3n) is 7.98. The average molecular weight is 604 g/mol. The number of morpholine rings is 1. The van der Waals surface area contributed by atoms with Gasteiger partial charge in [0.15, 0.2) is 0 Å². The molecule has 2 saturated heterocycles. The van der Waals surface area contributed by atoms with Crippen LogP contribution in [0.3, 0.4) is 0 Å². The topological polar surface area (TPSA) is 107 Å². The summed E-state index contributed by atoms with van der Waals surface area (Å²) in [6.45, 7) is 8.68. The van der Waals surface area contributed by atoms with Gasteiger partial charge in [-0.25, -0.2) is 14.4 Å². The van der Waals surface area contributed by atoms with Crippen LogP contribution in [0.25, 0.3) is 11.1 Å². The maximum Gasteiger partial charge on any atom is 0.417 e. The zero-order chi connectivity index (χ0) is 31.1. The number of aromatic amines is 1. The Morgan fingerprint density at radius 2 is 1.72 bits per heavy atom. The number of likely N-dealkylation sites (N-methyl/N-ethyl adjacent to an activating group) is 1. The Hall–Kier alpha value is -4.04. The summed E-state index contributed by atoms with van der Waals surface area (Å²) in [5, 5.41) is 2.56. The van der Waals surface area contributed by atoms with Gasteiger partial charge >= 0.3 is 6.18 Å². The molecule has 0 bridgehead atoms. The number of anilines is 3. The highest BCUT2D eigenvalue weighted by atomic mass is 19.4. The molecule has 4 heterocycles. The van der Waals surface area contributed by atoms with E-state index in [0.717, 1.165) is 6.20 Å². The molecule has 0 radical (unpaired) electrons. The Balaban J connectivity index is 1.54. The average Bonchev–Trinajstić information content (AvgIpc) is 2.96. The van der Waals surface area contributed by atoms with E-state index in [-0.39, 0.29) is 29.4 Å². The molecular formula is C29H33F4N7O3. The molecule has 10 nitrogen and oxygen atoms in total. The standard InChI is InChI=1S/C29H33F4N7O3/c1-16-13-40(14-17(2)38(16)4)25-9-23(30)20(19-10-35-28(36-11-19)39-5-6-43-18(3)15-39)7-24(25)37-27(42)21-12-34-26(41)8-22(21)29(31,32)33/h7-12,16-18H,5-6,13-15H2,1-4H3,(H,34,41)(H,37,42)/t16-,17+,18-/m0/s1. The second kappa shape index (κ2) is 11.9. The number of piperazine rings is 1. The number of nitrogens with one attached hydrogen (secondary N) is 2. The molecule has 43 heavy (non-hydrogen) atoms. The number of carbonyl (C=O) groups is 1. The van der Waals surface area contributed by atoms with Crippen LogP contribution >= 0.6 is 0 Å². The van der Waals surface area contributed by atoms with Crippen molar-refractivity contribution >= 4 is 23.2 Å². The van der Waals surface area contributed by atoms with Crippen LogP contribution in [0.5, 0.6) is 0 Å². The van der Waals surface area contributed by atoms with Crippen LogP contribution in [-0.2, 0) is 10.9 Å². The van der Waals surface area contributed by atoms with Gasteiger partial charge in [-0.3, -0.25) is 14.5 Å². The first-order valence-corrected chi connectivity index (χ1v) is 13.9. The Morgan fingerprint density at radius 1 is 1.05 bits per heavy atom. The first kappa shape index (κ1) is 30.4. The summed E-state index contributed by atoms with van der Waals surface area (Å²) in [5.74, 6) is -1.25. The van der Waals surface area contributed by atoms with Crippen molar-refractivity contribution in [1.29, 1.82) is 0 Å². The maximum absolute atomic E-state index is 15.8. The van der Waals surface area contributed by atoms with Gasteiger partial charge in [-0.1, -0.05) is 0 Å². The number of H-pyrrole nitrogens is 1. The number of alkyl halides is 3. The van der Waals surface area contributed by atoms with Crippen LogP contribution in [0.1, 0.15) is 36.7 Å². The maximum atomic E-state index is 15.8. The van der Waals surface area contributed by atoms with E-state index in [9.17, 15) is 22.8 Å². The largest absolute Gasteiger partial charge is 0.417 e. The second-order valence-corrected chi connectivity index (χ2v) is 11.1. The van der Waals surface area contributed by atoms with Crippen molar-refractivity contribution in [3.63, 3.8) is 0 Å². The Labute approximate surface area is 245 Å². The Morgan fingerprint density at radius 3 is 2.35 bits per heavy atom. The van der Waals surface area contributed by atoms with E-state index in [2.05, 4.69) is 25.2 Å². The number of carbonyl (C=O) groups excluding carboxylic acids is 1. The van der Waals surface area contributed by atoms with Gasteiger partial charge in [0.05, 0.1) is 35.2 Å². The van der Waals surface area contributed by atoms with Crippen molar-refractivity contribution in [2.75, 3.05) is 55.0 Å². The monoisotopic (exact) mass is 603 g/mol. The highest BCUT2D eigenvalue weighted by Gasteiger charge is 2.36. The molecule has 3 atom stereocenters. The number of ether oxygens (including phenoxy) is 1. The summed E-state index contributed by atoms with van der Waals surface area (Å²) in [6, 6.07) is 3.14. The Kier molecular flexibility index (Phi) is 8.43. The van der Waals surface area contributed by atoms with E-state index < -0.39 is 34.6 Å². The lowest BCUT2D eigenvalue weighted by Crippen LogP contribution is -2.55. The predicted octanol–water partition coefficient (Wildman–Crippen LogP) is 4.00. The van der Waals surface area contributed by atoms with E-state index in [0.29, 0.717) is 56.1 Å². The molecule has 5 rings (SSSR count). The minimum absolute atomic E-state index is 0.00787. The molecule has 0 spiro atoms. The third kappa shape index (κ3) is 6.49. The first-order valence-electron chi connectivity index (χ1n) is 13.9. The van der Waals surface area contributed by atoms with Gasteiger partial charge in [0.1, 0.15) is 5.82 Å². The number of hydrogen-bond donors (Lipinski definition) is 2. The number of amides is 1. The molecule has 2 aliphatic rings. The number of halogens is 4. The zero-order valence-electron chi connectivity index (χ0n) is 24.2. The molecule has 230 valence electrons. The summed E-state index contributed by atoms with van der Waals surface area (Å²) in [4.78, 5) is 41.9. The van der Waals surface area contributed by atoms with Crippen LogP contribution < -0.4 is 20.7 Å². The van der Waals surface area contributed by atoms with Crippen molar-refractivity contribution in [2.45, 2.75) is 45.1 Å². The van der Waals surface area contributed by atoms with Crippen LogP contribution in [0.15, 0.2) is 41.6 Å². The van der Waals surface area contributed by atoms with E-state index in [1.54, 1.807) is 0 Å². The van der Waals surface area contributed by atoms with Gasteiger partial charge in [0, 0.05) is 74.0 Å². The van der Waals surface area contributed by atoms with Crippen molar-refractivity contribution in [1.82, 2.24) is 19.9 Å². The molecule has 1 amide bonds. The SMILES string of the molecule is C[C@@H]1CN(c2cc(F)c(-c3cnc(N4CCO[C@@H](C)C4)nc3)cc2NC(=O)c2c[nH]c(=O)cc2C(F)(F)F)C[C@H](C)N1C. The van der Waals surface area contributed by atoms with Crippen LogP contribution in [0.4, 0.5) is 34.9 Å². The lowest BCUT2D eigenvalue weighted by molar-refractivity contribution is -0.138. The van der Waals surface area contributed by atoms with Crippen LogP contribution in [-0.4, -0.2) is 83.8 Å². The molecule has 14 heteroatoms. The van der Waals surface area contributed by atoms with Gasteiger partial charge < -0.3 is 24.8 Å². The van der Waals surface area contributed by atoms with Gasteiger partial charge in [-0.05, 0) is 40.0 Å². The third-order valence-corrected chi connectivity index (χ3v) is 7.98. The van der Waals surface area contributed by atoms with E-state index in [1.807, 2.05) is 37.6 Å². The summed E-state index contributed by atoms with van der Waals surface area (Å²) in [6.07, 6.45) is -1.28. The summed E-state index contributed by atoms with van der Waals surface area (Å²) in [5.41, 5.74) is -2.32. The number of rotatable bonds is 5. The highest BCUT2D eigenvalue weighted by Crippen LogP contribution is 2.37. The molecule has 3 aromatic rings. The van der Waals surface area contributed by atoms with Crippen molar-refractivity contribution in [2.24, 2.45) is 0 Å². The number of nitrogens with zero attached hydrogens (tertiary/aromatic N) is 5. The lowest BCUT2D eigenvalue weighted by atomic mass is 10.0. The molecule has 0 saturated carbocycles. The summed E-state index contributed by atoms with van der Waals surface area (Å²) in [7, 11) is 1.98. The molecule has 0 unspecified atom stereocenters. The number of benzene rings is 1. The zero-order valence-corrected chi connectivity index (χ0v) is 24.2. The van der Waals surface area contributed by atoms with E-state index in [4.69, 9.17) is 4.74 Å². The fraction of sp³-hybridized carbons (Fsp3) is 0.448. The second-order valence-electron chi connectivity index (χ2n) is 11.1. The van der Waals surface area contributed by atoms with Crippen LogP contribution in [0.2, 0.25) is 0 Å². The van der Waals surface area contributed by atoms with Crippen molar-refractivity contribution < 1.29 is 27.1 Å². The molecule has 0 aliphatic carbocycles. The number of aromatic nitrogens is 3. The predicted molar refractivity (Wildman–Crippen MR) is 154 cm³/mol. The molecule has 2 N–H and O–H groups in total. The van der Waals surface area contributed by atoms with Gasteiger partial charge in [-0.2, -0.15) is 13.2 Å². The first-order chi connectivity index (χ1) is 20.3. The molecular weight excluding hydrogens is 570 g/mol. The molecule has 2 aromatic heterocycles. The van der Waals surface area contributed by atoms with E-state index in [1.165, 1.54) is 24.5 Å². The van der Waals surface area contributed by atoms with Gasteiger partial charge in [0.2, 0.25) is 11.5 Å². The summed E-state index contributed by atoms with van der Waals surface area (Å²) >= 11 is 0. The fourth-order valence-corrected chi connectivity index (χ4v) is 5.45. The van der Waals surface area contributed by atoms with Gasteiger partial charge in [-0.15, -0.1) is 0 Å². The quantitative estimate of drug-likeness (QED) is 0.422. The highest BCUT2D eigenvalue weighted by molar-refractivity contribution is 6.07. The minimum Gasteiger partial charge on any atom is -0.375 e. The van der Waals surface area contributed by atoms with Crippen molar-refractivity contribution in [3.05, 3.63) is 64.1 Å². The molecule has 2 aliphatic heterocycles. The molecule has 2 fully saturated rings. The molecule has 1 aromatic carbocycles. The minimum atomic E-state index is -4.95. The number of hydrogen-bond acceptors (Lipinski definition) is 8. The normalized spacial score (nSPS) is 21.6. The number of pyridine rings is 1. The van der Waals surface area contributed by atoms with E-state index >= 15 is 4.39 Å².